The number of aliphatic hydroxyl groups is 1. The lowest BCUT2D eigenvalue weighted by Crippen LogP contribution is -2.29. The third kappa shape index (κ3) is 6.30. The maximum Gasteiger partial charge on any atom is 0.229 e. The molecule has 0 amide bonds. The van der Waals surface area contributed by atoms with Gasteiger partial charge in [-0.2, -0.15) is 4.98 Å². The number of fused-ring (bicyclic) bond motifs is 1. The van der Waals surface area contributed by atoms with Gasteiger partial charge in [-0.25, -0.2) is 9.67 Å². The Balaban J connectivity index is 1.72. The molecular formula is C28H39N9O2S. The minimum atomic E-state index is -0.922. The number of methoxy groups -OCH3 is 1. The number of aromatic nitrogens is 4. The van der Waals surface area contributed by atoms with Gasteiger partial charge >= 0.3 is 0 Å². The van der Waals surface area contributed by atoms with Gasteiger partial charge in [-0.05, 0) is 38.7 Å². The summed E-state index contributed by atoms with van der Waals surface area (Å²) in [7, 11) is 11.7. The van der Waals surface area contributed by atoms with E-state index in [1.54, 1.807) is 24.6 Å². The van der Waals surface area contributed by atoms with E-state index in [0.29, 0.717) is 28.9 Å². The number of aliphatic hydroxyl groups excluding tert-OH is 1. The molecule has 1 unspecified atom stereocenters. The largest absolute Gasteiger partial charge is 0.494 e. The first-order valence-electron chi connectivity index (χ1n) is 13.1. The fourth-order valence-electron chi connectivity index (χ4n) is 4.21. The van der Waals surface area contributed by atoms with Crippen LogP contribution in [0.5, 0.6) is 5.75 Å². The van der Waals surface area contributed by atoms with Gasteiger partial charge < -0.3 is 35.2 Å². The molecule has 0 saturated heterocycles. The van der Waals surface area contributed by atoms with E-state index < -0.39 is 6.23 Å². The molecule has 3 N–H and O–H groups in total. The number of likely N-dealkylation sites (N-methyl/N-ethyl adjacent to an activating group) is 2. The topological polar surface area (TPSA) is 107 Å². The van der Waals surface area contributed by atoms with Crippen LogP contribution in [0.2, 0.25) is 0 Å². The molecular weight excluding hydrogens is 526 g/mol. The van der Waals surface area contributed by atoms with Crippen LogP contribution in [0, 0.1) is 0 Å². The number of thiophene rings is 1. The van der Waals surface area contributed by atoms with E-state index in [0.717, 1.165) is 41.2 Å². The number of rotatable bonds is 13. The van der Waals surface area contributed by atoms with E-state index in [-0.39, 0.29) is 0 Å². The zero-order valence-corrected chi connectivity index (χ0v) is 25.1. The molecule has 0 aliphatic rings. The quantitative estimate of drug-likeness (QED) is 0.162. The lowest BCUT2D eigenvalue weighted by atomic mass is 10.2. The molecule has 214 valence electrons. The summed E-state index contributed by atoms with van der Waals surface area (Å²) in [5.74, 6) is 2.55. The summed E-state index contributed by atoms with van der Waals surface area (Å²) in [5.41, 5.74) is 2.23. The molecule has 4 aromatic rings. The average molecular weight is 566 g/mol. The molecule has 1 atom stereocenters. The monoisotopic (exact) mass is 565 g/mol. The van der Waals surface area contributed by atoms with E-state index in [4.69, 9.17) is 14.8 Å². The summed E-state index contributed by atoms with van der Waals surface area (Å²) >= 11 is 1.72. The van der Waals surface area contributed by atoms with Crippen molar-refractivity contribution in [3.63, 3.8) is 0 Å². The standard InChI is InChI=1S/C28H39N9O2S/c1-9-18-15-19-26(35(5)6)33-37(27(19)40-18)24-11-12-29-28(32-24)31-21-16-20(30-25(38)10-2)22(17-23(21)39-8)36(7)14-13-34(3)4/h10-12,15-17,25,30,38H,2,9,13-14H2,1,3-8H3,(H,29,31,32). The van der Waals surface area contributed by atoms with Gasteiger partial charge in [0.2, 0.25) is 5.95 Å². The lowest BCUT2D eigenvalue weighted by molar-refractivity contribution is 0.253. The first-order valence-corrected chi connectivity index (χ1v) is 13.9. The Morgan fingerprint density at radius 2 is 1.93 bits per heavy atom. The molecule has 40 heavy (non-hydrogen) atoms. The van der Waals surface area contributed by atoms with Gasteiger partial charge in [0.1, 0.15) is 16.8 Å². The van der Waals surface area contributed by atoms with Gasteiger partial charge in [0.25, 0.3) is 0 Å². The van der Waals surface area contributed by atoms with Crippen LogP contribution in [0.4, 0.5) is 28.8 Å². The normalized spacial score (nSPS) is 12.0. The molecule has 3 heterocycles. The Morgan fingerprint density at radius 3 is 2.58 bits per heavy atom. The van der Waals surface area contributed by atoms with Gasteiger partial charge in [-0.3, -0.25) is 0 Å². The van der Waals surface area contributed by atoms with Crippen LogP contribution in [0.3, 0.4) is 0 Å². The number of ether oxygens (including phenoxy) is 1. The minimum Gasteiger partial charge on any atom is -0.494 e. The molecule has 0 radical (unpaired) electrons. The molecule has 0 bridgehead atoms. The van der Waals surface area contributed by atoms with Crippen LogP contribution in [-0.2, 0) is 6.42 Å². The SMILES string of the molecule is C=CC(O)Nc1cc(Nc2nccc(-n3nc(N(C)C)c4cc(CC)sc43)n2)c(OC)cc1N(C)CCN(C)C. The van der Waals surface area contributed by atoms with Crippen LogP contribution in [0.25, 0.3) is 16.0 Å². The third-order valence-corrected chi connectivity index (χ3v) is 7.66. The van der Waals surface area contributed by atoms with E-state index in [1.807, 2.05) is 63.0 Å². The maximum atomic E-state index is 10.3. The predicted molar refractivity (Wildman–Crippen MR) is 166 cm³/mol. The van der Waals surface area contributed by atoms with Crippen molar-refractivity contribution in [3.8, 4) is 11.6 Å². The number of nitrogens with zero attached hydrogens (tertiary/aromatic N) is 7. The Kier molecular flexibility index (Phi) is 9.13. The van der Waals surface area contributed by atoms with Crippen LogP contribution in [-0.4, -0.2) is 91.4 Å². The Bertz CT molecular complexity index is 1460. The molecule has 4 rings (SSSR count). The van der Waals surface area contributed by atoms with Crippen molar-refractivity contribution in [3.05, 3.63) is 48.0 Å². The highest BCUT2D eigenvalue weighted by molar-refractivity contribution is 7.18. The molecule has 3 aromatic heterocycles. The number of hydrogen-bond donors (Lipinski definition) is 3. The van der Waals surface area contributed by atoms with E-state index in [9.17, 15) is 5.11 Å². The fourth-order valence-corrected chi connectivity index (χ4v) is 5.26. The van der Waals surface area contributed by atoms with Crippen LogP contribution >= 0.6 is 11.3 Å². The van der Waals surface area contributed by atoms with Gasteiger partial charge in [0.15, 0.2) is 11.6 Å². The Hall–Kier alpha value is -3.87. The molecule has 0 saturated carbocycles. The van der Waals surface area contributed by atoms with Crippen molar-refractivity contribution in [2.24, 2.45) is 0 Å². The third-order valence-electron chi connectivity index (χ3n) is 6.41. The number of aryl methyl sites for hydroxylation is 1. The molecule has 0 aliphatic heterocycles. The second kappa shape index (κ2) is 12.5. The maximum absolute atomic E-state index is 10.3. The Labute approximate surface area is 239 Å². The molecule has 0 aliphatic carbocycles. The van der Waals surface area contributed by atoms with Crippen LogP contribution < -0.4 is 25.2 Å². The zero-order chi connectivity index (χ0) is 29.0. The summed E-state index contributed by atoms with van der Waals surface area (Å²) in [5, 5.41) is 22.7. The first-order chi connectivity index (χ1) is 19.1. The molecule has 0 fully saturated rings. The van der Waals surface area contributed by atoms with Crippen molar-refractivity contribution in [2.45, 2.75) is 19.6 Å². The first kappa shape index (κ1) is 29.1. The highest BCUT2D eigenvalue weighted by Gasteiger charge is 2.19. The summed E-state index contributed by atoms with van der Waals surface area (Å²) in [6.07, 6.45) is 3.18. The van der Waals surface area contributed by atoms with Gasteiger partial charge in [-0.15, -0.1) is 16.4 Å². The highest BCUT2D eigenvalue weighted by atomic mass is 32.1. The second-order valence-corrected chi connectivity index (χ2v) is 11.0. The number of benzene rings is 1. The predicted octanol–water partition coefficient (Wildman–Crippen LogP) is 4.17. The van der Waals surface area contributed by atoms with Crippen molar-refractivity contribution in [1.29, 1.82) is 0 Å². The van der Waals surface area contributed by atoms with E-state index >= 15 is 0 Å². The fraction of sp³-hybridized carbons (Fsp3) is 0.393. The minimum absolute atomic E-state index is 0.391. The summed E-state index contributed by atoms with van der Waals surface area (Å²) in [6, 6.07) is 7.85. The molecule has 11 nitrogen and oxygen atoms in total. The van der Waals surface area contributed by atoms with Crippen molar-refractivity contribution >= 4 is 50.4 Å². The highest BCUT2D eigenvalue weighted by Crippen LogP contribution is 2.38. The van der Waals surface area contributed by atoms with Gasteiger partial charge in [0.05, 0.1) is 29.6 Å². The zero-order valence-electron chi connectivity index (χ0n) is 24.3. The molecule has 1 aromatic carbocycles. The molecule has 0 spiro atoms. The van der Waals surface area contributed by atoms with Crippen LogP contribution in [0.15, 0.2) is 43.1 Å². The van der Waals surface area contributed by atoms with Crippen molar-refractivity contribution < 1.29 is 9.84 Å². The summed E-state index contributed by atoms with van der Waals surface area (Å²) in [6.45, 7) is 7.49. The average Bonchev–Trinajstić information content (AvgIpc) is 3.51. The second-order valence-electron chi connectivity index (χ2n) is 9.90. The van der Waals surface area contributed by atoms with Gasteiger partial charge in [0, 0.05) is 57.4 Å². The number of nitrogens with one attached hydrogen (secondary N) is 2. The summed E-state index contributed by atoms with van der Waals surface area (Å²) < 4.78 is 7.62. The number of anilines is 5. The lowest BCUT2D eigenvalue weighted by Gasteiger charge is -2.27. The van der Waals surface area contributed by atoms with E-state index in [1.165, 1.54) is 11.0 Å². The van der Waals surface area contributed by atoms with Crippen molar-refractivity contribution in [1.82, 2.24) is 24.6 Å². The van der Waals surface area contributed by atoms with E-state index in [2.05, 4.69) is 45.0 Å². The van der Waals surface area contributed by atoms with Crippen LogP contribution in [0.1, 0.15) is 11.8 Å². The van der Waals surface area contributed by atoms with Gasteiger partial charge in [-0.1, -0.05) is 13.5 Å². The summed E-state index contributed by atoms with van der Waals surface area (Å²) in [4.78, 5) is 17.8. The molecule has 12 heteroatoms. The number of hydrogen-bond acceptors (Lipinski definition) is 11. The smallest absolute Gasteiger partial charge is 0.229 e. The Morgan fingerprint density at radius 1 is 1.15 bits per heavy atom. The van der Waals surface area contributed by atoms with Crippen molar-refractivity contribution in [2.75, 3.05) is 75.9 Å².